The van der Waals surface area contributed by atoms with Crippen molar-refractivity contribution in [2.24, 2.45) is 4.99 Å². The third-order valence-electron chi connectivity index (χ3n) is 3.09. The van der Waals surface area contributed by atoms with Crippen LogP contribution in [0.15, 0.2) is 29.3 Å². The average Bonchev–Trinajstić information content (AvgIpc) is 2.48. The molecule has 0 spiro atoms. The van der Waals surface area contributed by atoms with Crippen molar-refractivity contribution in [1.82, 2.24) is 0 Å². The summed E-state index contributed by atoms with van der Waals surface area (Å²) in [5.41, 5.74) is 0.851. The first kappa shape index (κ1) is 14.8. The molecule has 0 aromatic heterocycles. The van der Waals surface area contributed by atoms with E-state index in [-0.39, 0.29) is 23.9 Å². The predicted molar refractivity (Wildman–Crippen MR) is 75.8 cm³/mol. The third kappa shape index (κ3) is 2.95. The molecule has 1 atom stereocenters. The largest absolute Gasteiger partial charge is 0.391 e. The van der Waals surface area contributed by atoms with Crippen molar-refractivity contribution < 1.29 is 20.0 Å². The minimum Gasteiger partial charge on any atom is -0.391 e. The second-order valence-electron chi connectivity index (χ2n) is 4.46. The molecule has 0 radical (unpaired) electrons. The first-order valence-corrected chi connectivity index (χ1v) is 6.89. The lowest BCUT2D eigenvalue weighted by Gasteiger charge is -2.19. The molecule has 2 rings (SSSR count). The number of fused-ring (bicyclic) bond motifs is 1. The summed E-state index contributed by atoms with van der Waals surface area (Å²) in [5.74, 6) is -0.553. The fraction of sp³-hybridized carbons (Fsp3) is 0.357. The van der Waals surface area contributed by atoms with Crippen molar-refractivity contribution in [3.05, 3.63) is 35.4 Å². The Morgan fingerprint density at radius 1 is 1.20 bits per heavy atom. The number of carbonyl (C=O) groups is 2. The van der Waals surface area contributed by atoms with Crippen LogP contribution in [0.1, 0.15) is 20.7 Å². The Kier molecular flexibility index (Phi) is 5.00. The van der Waals surface area contributed by atoms with E-state index in [1.807, 2.05) is 5.32 Å². The summed E-state index contributed by atoms with van der Waals surface area (Å²) in [6.45, 7) is 1.71. The summed E-state index contributed by atoms with van der Waals surface area (Å²) in [6, 6.07) is 6.65. The Morgan fingerprint density at radius 3 is 2.60 bits per heavy atom. The van der Waals surface area contributed by atoms with Gasteiger partial charge in [0.05, 0.1) is 26.2 Å². The van der Waals surface area contributed by atoms with E-state index in [9.17, 15) is 9.59 Å². The Balaban J connectivity index is 2.17. The Morgan fingerprint density at radius 2 is 1.90 bits per heavy atom. The van der Waals surface area contributed by atoms with Crippen LogP contribution in [0.3, 0.4) is 0 Å². The maximum absolute atomic E-state index is 12.3. The molecule has 0 aliphatic heterocycles. The summed E-state index contributed by atoms with van der Waals surface area (Å²) in [6.07, 6.45) is 0. The maximum atomic E-state index is 12.3. The molecule has 5 nitrogen and oxygen atoms in total. The predicted octanol–water partition coefficient (Wildman–Crippen LogP) is -0.330. The highest BCUT2D eigenvalue weighted by Crippen LogP contribution is 2.23. The molecule has 1 aromatic carbocycles. The van der Waals surface area contributed by atoms with Gasteiger partial charge in [-0.2, -0.15) is 0 Å². The highest BCUT2D eigenvalue weighted by atomic mass is 35.5. The van der Waals surface area contributed by atoms with E-state index in [0.29, 0.717) is 30.8 Å². The lowest BCUT2D eigenvalue weighted by atomic mass is 9.88. The molecular weight excluding hydrogens is 280 g/mol. The number of benzene rings is 1. The zero-order chi connectivity index (χ0) is 14.5. The van der Waals surface area contributed by atoms with Gasteiger partial charge in [-0.15, -0.1) is 11.6 Å². The molecule has 0 saturated heterocycles. The lowest BCUT2D eigenvalue weighted by molar-refractivity contribution is -0.653. The van der Waals surface area contributed by atoms with Crippen LogP contribution in [0.5, 0.6) is 0 Å². The summed E-state index contributed by atoms with van der Waals surface area (Å²) in [4.78, 5) is 28.5. The number of aliphatic imine (C=N–C) groups is 1. The molecule has 0 saturated carbocycles. The number of halogens is 1. The summed E-state index contributed by atoms with van der Waals surface area (Å²) >= 11 is 6.04. The Bertz CT molecular complexity index is 557. The monoisotopic (exact) mass is 295 g/mol. The van der Waals surface area contributed by atoms with E-state index < -0.39 is 5.38 Å². The van der Waals surface area contributed by atoms with Gasteiger partial charge in [0.15, 0.2) is 5.78 Å². The van der Waals surface area contributed by atoms with E-state index >= 15 is 0 Å². The molecule has 3 N–H and O–H groups in total. The van der Waals surface area contributed by atoms with Crippen molar-refractivity contribution in [3.63, 3.8) is 0 Å². The number of quaternary nitrogens is 1. The molecule has 0 amide bonds. The van der Waals surface area contributed by atoms with Gasteiger partial charge in [0.2, 0.25) is 5.78 Å². The van der Waals surface area contributed by atoms with Crippen LogP contribution in [0, 0.1) is 0 Å². The van der Waals surface area contributed by atoms with Crippen LogP contribution >= 0.6 is 11.6 Å². The number of Topliss-reactive ketones (excluding diaryl/α,β-unsaturated/α-hetero) is 2. The SMILES string of the molecule is O=C1C(=NCC[NH2+]CCO)C(Cl)C(=O)c2ccccc21. The number of nitrogens with zero attached hydrogens (tertiary/aromatic N) is 1. The topological polar surface area (TPSA) is 83.3 Å². The van der Waals surface area contributed by atoms with Gasteiger partial charge in [0.1, 0.15) is 11.1 Å². The normalized spacial score (nSPS) is 20.3. The minimum absolute atomic E-state index is 0.0967. The first-order chi connectivity index (χ1) is 9.66. The fourth-order valence-electron chi connectivity index (χ4n) is 2.07. The van der Waals surface area contributed by atoms with Crippen LogP contribution in [-0.4, -0.2) is 54.0 Å². The molecule has 1 aromatic rings. The smallest absolute Gasteiger partial charge is 0.209 e. The maximum Gasteiger partial charge on any atom is 0.209 e. The quantitative estimate of drug-likeness (QED) is 0.576. The highest BCUT2D eigenvalue weighted by molar-refractivity contribution is 6.64. The van der Waals surface area contributed by atoms with Crippen LogP contribution in [-0.2, 0) is 0 Å². The minimum atomic E-state index is -1.00. The zero-order valence-electron chi connectivity index (χ0n) is 10.9. The van der Waals surface area contributed by atoms with Crippen molar-refractivity contribution in [2.45, 2.75) is 5.38 Å². The van der Waals surface area contributed by atoms with Gasteiger partial charge < -0.3 is 10.4 Å². The van der Waals surface area contributed by atoms with E-state index in [4.69, 9.17) is 16.7 Å². The van der Waals surface area contributed by atoms with Crippen LogP contribution in [0.4, 0.5) is 0 Å². The Hall–Kier alpha value is -1.56. The second kappa shape index (κ2) is 6.74. The summed E-state index contributed by atoms with van der Waals surface area (Å²) < 4.78 is 0. The van der Waals surface area contributed by atoms with Gasteiger partial charge in [-0.25, -0.2) is 0 Å². The fourth-order valence-corrected chi connectivity index (χ4v) is 2.36. The number of rotatable bonds is 5. The molecular formula is C14H16ClN2O3+. The van der Waals surface area contributed by atoms with Gasteiger partial charge >= 0.3 is 0 Å². The Labute approximate surface area is 121 Å². The van der Waals surface area contributed by atoms with E-state index in [1.165, 1.54) is 0 Å². The molecule has 0 bridgehead atoms. The van der Waals surface area contributed by atoms with Gasteiger partial charge in [0, 0.05) is 11.1 Å². The van der Waals surface area contributed by atoms with Crippen LogP contribution in [0.25, 0.3) is 0 Å². The first-order valence-electron chi connectivity index (χ1n) is 6.45. The number of nitrogens with two attached hydrogens (primary N) is 1. The number of ketones is 2. The van der Waals surface area contributed by atoms with Crippen molar-refractivity contribution >= 4 is 28.9 Å². The van der Waals surface area contributed by atoms with Gasteiger partial charge in [-0.05, 0) is 0 Å². The standard InChI is InChI=1S/C14H15ClN2O3/c15-11-12(17-6-5-16-7-8-18)14(20)10-4-2-1-3-9(10)13(11)19/h1-4,11,16,18H,5-8H2/p+1. The van der Waals surface area contributed by atoms with Crippen molar-refractivity contribution in [2.75, 3.05) is 26.2 Å². The number of aliphatic hydroxyl groups excluding tert-OH is 1. The van der Waals surface area contributed by atoms with E-state index in [2.05, 4.69) is 4.99 Å². The summed E-state index contributed by atoms with van der Waals surface area (Å²) in [7, 11) is 0. The number of hydrogen-bond donors (Lipinski definition) is 2. The van der Waals surface area contributed by atoms with Gasteiger partial charge in [-0.1, -0.05) is 24.3 Å². The van der Waals surface area contributed by atoms with Gasteiger partial charge in [-0.3, -0.25) is 14.6 Å². The molecule has 0 fully saturated rings. The second-order valence-corrected chi connectivity index (χ2v) is 4.89. The molecule has 1 aliphatic rings. The van der Waals surface area contributed by atoms with Crippen LogP contribution in [0.2, 0.25) is 0 Å². The average molecular weight is 296 g/mol. The van der Waals surface area contributed by atoms with Crippen molar-refractivity contribution in [3.8, 4) is 0 Å². The molecule has 1 unspecified atom stereocenters. The zero-order valence-corrected chi connectivity index (χ0v) is 11.6. The van der Waals surface area contributed by atoms with Crippen molar-refractivity contribution in [1.29, 1.82) is 0 Å². The van der Waals surface area contributed by atoms with Gasteiger partial charge in [0.25, 0.3) is 0 Å². The molecule has 1 aliphatic carbocycles. The highest BCUT2D eigenvalue weighted by Gasteiger charge is 2.36. The molecule has 20 heavy (non-hydrogen) atoms. The summed E-state index contributed by atoms with van der Waals surface area (Å²) in [5, 5.41) is 9.54. The number of carbonyl (C=O) groups excluding carboxylic acids is 2. The number of alkyl halides is 1. The van der Waals surface area contributed by atoms with E-state index in [1.54, 1.807) is 24.3 Å². The third-order valence-corrected chi connectivity index (χ3v) is 3.49. The molecule has 106 valence electrons. The number of hydrogen-bond acceptors (Lipinski definition) is 4. The van der Waals surface area contributed by atoms with E-state index in [0.717, 1.165) is 0 Å². The number of aliphatic hydroxyl groups is 1. The molecule has 0 heterocycles. The molecule has 6 heteroatoms. The van der Waals surface area contributed by atoms with Crippen LogP contribution < -0.4 is 5.32 Å². The lowest BCUT2D eigenvalue weighted by Crippen LogP contribution is -2.85.